The zero-order valence-electron chi connectivity index (χ0n) is 12.0. The van der Waals surface area contributed by atoms with Crippen LogP contribution in [0.4, 0.5) is 14.5 Å². The molecule has 0 radical (unpaired) electrons. The molecule has 1 saturated carbocycles. The summed E-state index contributed by atoms with van der Waals surface area (Å²) in [6, 6.07) is 6.95. The van der Waals surface area contributed by atoms with E-state index >= 15 is 0 Å². The Bertz CT molecular complexity index is 451. The molecule has 0 aromatic heterocycles. The summed E-state index contributed by atoms with van der Waals surface area (Å²) in [7, 11) is 0. The summed E-state index contributed by atoms with van der Waals surface area (Å²) in [5, 5.41) is 3.29. The van der Waals surface area contributed by atoms with E-state index in [-0.39, 0.29) is 23.3 Å². The van der Waals surface area contributed by atoms with Crippen LogP contribution in [0, 0.1) is 5.41 Å². The molecule has 1 aromatic rings. The van der Waals surface area contributed by atoms with E-state index in [2.05, 4.69) is 23.9 Å². The van der Waals surface area contributed by atoms with Gasteiger partial charge in [0.2, 0.25) is 0 Å². The van der Waals surface area contributed by atoms with Crippen LogP contribution in [0.5, 0.6) is 5.75 Å². The Balaban J connectivity index is 2.04. The third kappa shape index (κ3) is 3.03. The molecule has 20 heavy (non-hydrogen) atoms. The molecule has 1 N–H and O–H groups in total. The Labute approximate surface area is 118 Å². The minimum atomic E-state index is -2.82. The number of ether oxygens (including phenoxy) is 2. The first-order chi connectivity index (χ1) is 9.45. The second-order valence-electron chi connectivity index (χ2n) is 5.57. The molecule has 1 fully saturated rings. The van der Waals surface area contributed by atoms with Gasteiger partial charge in [0.1, 0.15) is 5.75 Å². The number of benzene rings is 1. The highest BCUT2D eigenvalue weighted by atomic mass is 19.3. The van der Waals surface area contributed by atoms with Crippen molar-refractivity contribution in [3.8, 4) is 5.75 Å². The average Bonchev–Trinajstić information content (AvgIpc) is 2.39. The quantitative estimate of drug-likeness (QED) is 0.859. The second kappa shape index (κ2) is 5.95. The monoisotopic (exact) mass is 285 g/mol. The topological polar surface area (TPSA) is 30.5 Å². The molecule has 0 bridgehead atoms. The number of hydrogen-bond acceptors (Lipinski definition) is 3. The van der Waals surface area contributed by atoms with E-state index in [4.69, 9.17) is 4.74 Å². The molecule has 112 valence electrons. The first kappa shape index (κ1) is 15.0. The summed E-state index contributed by atoms with van der Waals surface area (Å²) in [5.74, 6) is 0.179. The van der Waals surface area contributed by atoms with Gasteiger partial charge in [-0.25, -0.2) is 0 Å². The number of anilines is 1. The largest absolute Gasteiger partial charge is 0.433 e. The van der Waals surface area contributed by atoms with Gasteiger partial charge in [-0.1, -0.05) is 26.0 Å². The third-order valence-corrected chi connectivity index (χ3v) is 3.98. The van der Waals surface area contributed by atoms with Crippen molar-refractivity contribution in [3.63, 3.8) is 0 Å². The van der Waals surface area contributed by atoms with Gasteiger partial charge in [-0.15, -0.1) is 0 Å². The maximum atomic E-state index is 12.4. The number of hydrogen-bond donors (Lipinski definition) is 1. The molecule has 5 heteroatoms. The number of nitrogens with one attached hydrogen (secondary N) is 1. The van der Waals surface area contributed by atoms with Crippen LogP contribution in [-0.2, 0) is 4.74 Å². The summed E-state index contributed by atoms with van der Waals surface area (Å²) in [4.78, 5) is 0. The highest BCUT2D eigenvalue weighted by Gasteiger charge is 2.49. The van der Waals surface area contributed by atoms with Gasteiger partial charge >= 0.3 is 6.61 Å². The lowest BCUT2D eigenvalue weighted by molar-refractivity contribution is -0.0978. The fourth-order valence-corrected chi connectivity index (χ4v) is 2.59. The summed E-state index contributed by atoms with van der Waals surface area (Å²) in [6.45, 7) is 4.08. The van der Waals surface area contributed by atoms with Crippen LogP contribution < -0.4 is 10.1 Å². The number of para-hydroxylation sites is 2. The van der Waals surface area contributed by atoms with Gasteiger partial charge in [-0.2, -0.15) is 8.78 Å². The van der Waals surface area contributed by atoms with Gasteiger partial charge in [0, 0.05) is 18.1 Å². The van der Waals surface area contributed by atoms with Crippen molar-refractivity contribution in [1.29, 1.82) is 0 Å². The van der Waals surface area contributed by atoms with Crippen LogP contribution in [0.1, 0.15) is 27.2 Å². The smallest absolute Gasteiger partial charge is 0.387 e. The molecule has 1 aliphatic rings. The minimum Gasteiger partial charge on any atom is -0.433 e. The van der Waals surface area contributed by atoms with Crippen LogP contribution in [0.3, 0.4) is 0 Å². The zero-order valence-corrected chi connectivity index (χ0v) is 12.0. The van der Waals surface area contributed by atoms with Crippen molar-refractivity contribution in [1.82, 2.24) is 0 Å². The van der Waals surface area contributed by atoms with Crippen LogP contribution in [0.15, 0.2) is 24.3 Å². The van der Waals surface area contributed by atoms with Gasteiger partial charge < -0.3 is 14.8 Å². The normalized spacial score (nSPS) is 24.3. The lowest BCUT2D eigenvalue weighted by Crippen LogP contribution is -2.58. The fourth-order valence-electron chi connectivity index (χ4n) is 2.59. The van der Waals surface area contributed by atoms with Crippen molar-refractivity contribution < 1.29 is 18.3 Å². The van der Waals surface area contributed by atoms with Crippen molar-refractivity contribution in [2.24, 2.45) is 5.41 Å². The van der Waals surface area contributed by atoms with E-state index in [1.54, 1.807) is 24.3 Å². The van der Waals surface area contributed by atoms with E-state index in [0.717, 1.165) is 6.42 Å². The second-order valence-corrected chi connectivity index (χ2v) is 5.57. The molecule has 2 atom stereocenters. The molecule has 0 spiro atoms. The fraction of sp³-hybridized carbons (Fsp3) is 0.600. The molecular weight excluding hydrogens is 264 g/mol. The Kier molecular flexibility index (Phi) is 4.48. The van der Waals surface area contributed by atoms with Gasteiger partial charge in [-0.3, -0.25) is 0 Å². The predicted molar refractivity (Wildman–Crippen MR) is 74.3 cm³/mol. The molecule has 1 aromatic carbocycles. The van der Waals surface area contributed by atoms with Gasteiger partial charge in [0.25, 0.3) is 0 Å². The zero-order chi connectivity index (χ0) is 14.8. The standard InChI is InChI=1S/C15H21F2NO2/c1-4-19-13-9-12(15(13,2)3)18-10-7-5-6-8-11(10)20-14(16)17/h5-8,12-14,18H,4,9H2,1-3H3. The van der Waals surface area contributed by atoms with Crippen LogP contribution in [0.2, 0.25) is 0 Å². The molecule has 0 heterocycles. The number of alkyl halides is 2. The van der Waals surface area contributed by atoms with E-state index in [0.29, 0.717) is 12.3 Å². The Morgan fingerprint density at radius 2 is 2.05 bits per heavy atom. The first-order valence-corrected chi connectivity index (χ1v) is 6.87. The van der Waals surface area contributed by atoms with Crippen LogP contribution in [0.25, 0.3) is 0 Å². The maximum absolute atomic E-state index is 12.4. The molecule has 0 aliphatic heterocycles. The lowest BCUT2D eigenvalue weighted by atomic mass is 9.64. The molecule has 0 amide bonds. The Morgan fingerprint density at radius 3 is 2.65 bits per heavy atom. The summed E-state index contributed by atoms with van der Waals surface area (Å²) in [6.07, 6.45) is 1.07. The predicted octanol–water partition coefficient (Wildman–Crippen LogP) is 3.90. The van der Waals surface area contributed by atoms with Gasteiger partial charge in [-0.05, 0) is 25.5 Å². The van der Waals surface area contributed by atoms with Crippen molar-refractivity contribution >= 4 is 5.69 Å². The number of halogens is 2. The van der Waals surface area contributed by atoms with Gasteiger partial charge in [0.05, 0.1) is 11.8 Å². The van der Waals surface area contributed by atoms with Crippen molar-refractivity contribution in [2.45, 2.75) is 45.9 Å². The van der Waals surface area contributed by atoms with Crippen molar-refractivity contribution in [2.75, 3.05) is 11.9 Å². The Morgan fingerprint density at radius 1 is 1.35 bits per heavy atom. The molecule has 0 saturated heterocycles. The molecular formula is C15H21F2NO2. The highest BCUT2D eigenvalue weighted by Crippen LogP contribution is 2.45. The van der Waals surface area contributed by atoms with E-state index in [1.165, 1.54) is 0 Å². The first-order valence-electron chi connectivity index (χ1n) is 6.87. The molecule has 2 unspecified atom stereocenters. The van der Waals surface area contributed by atoms with Crippen LogP contribution in [-0.4, -0.2) is 25.4 Å². The molecule has 1 aliphatic carbocycles. The lowest BCUT2D eigenvalue weighted by Gasteiger charge is -2.52. The molecule has 2 rings (SSSR count). The summed E-state index contributed by atoms with van der Waals surface area (Å²) in [5.41, 5.74) is 0.564. The summed E-state index contributed by atoms with van der Waals surface area (Å²) >= 11 is 0. The Hall–Kier alpha value is -1.36. The van der Waals surface area contributed by atoms with E-state index in [9.17, 15) is 8.78 Å². The third-order valence-electron chi connectivity index (χ3n) is 3.98. The average molecular weight is 285 g/mol. The van der Waals surface area contributed by atoms with E-state index < -0.39 is 6.61 Å². The molecule has 3 nitrogen and oxygen atoms in total. The maximum Gasteiger partial charge on any atom is 0.387 e. The SMILES string of the molecule is CCOC1CC(Nc2ccccc2OC(F)F)C1(C)C. The summed E-state index contributed by atoms with van der Waals surface area (Å²) < 4.78 is 35.0. The van der Waals surface area contributed by atoms with Crippen molar-refractivity contribution in [3.05, 3.63) is 24.3 Å². The highest BCUT2D eigenvalue weighted by molar-refractivity contribution is 5.57. The minimum absolute atomic E-state index is 0.0338. The number of rotatable bonds is 6. The van der Waals surface area contributed by atoms with E-state index in [1.807, 2.05) is 6.92 Å². The van der Waals surface area contributed by atoms with Crippen LogP contribution >= 0.6 is 0 Å². The van der Waals surface area contributed by atoms with Gasteiger partial charge in [0.15, 0.2) is 0 Å².